The number of nitrogens with zero attached hydrogens (tertiary/aromatic N) is 6. The van der Waals surface area contributed by atoms with Crippen molar-refractivity contribution >= 4 is 28.5 Å². The van der Waals surface area contributed by atoms with Crippen molar-refractivity contribution in [3.05, 3.63) is 95.0 Å². The Morgan fingerprint density at radius 3 is 2.49 bits per heavy atom. The average Bonchev–Trinajstić information content (AvgIpc) is 3.38. The van der Waals surface area contributed by atoms with Crippen LogP contribution in [0.5, 0.6) is 0 Å². The van der Waals surface area contributed by atoms with E-state index in [-0.39, 0.29) is 11.0 Å². The first-order valence-corrected chi connectivity index (χ1v) is 12.4. The summed E-state index contributed by atoms with van der Waals surface area (Å²) in [6.07, 6.45) is 11.6. The Morgan fingerprint density at radius 1 is 1.00 bits per heavy atom. The lowest BCUT2D eigenvalue weighted by Gasteiger charge is -2.12. The third-order valence-corrected chi connectivity index (χ3v) is 6.27. The molecule has 1 N–H and O–H groups in total. The molecule has 9 heteroatoms. The fourth-order valence-corrected chi connectivity index (χ4v) is 4.54. The van der Waals surface area contributed by atoms with Crippen LogP contribution in [0.2, 0.25) is 0 Å². The van der Waals surface area contributed by atoms with E-state index in [0.29, 0.717) is 45.6 Å². The number of H-pyrrole nitrogens is 1. The number of nitrogens with one attached hydrogen (secondary N) is 1. The number of allylic oxidation sites excluding steroid dienone is 2. The van der Waals surface area contributed by atoms with E-state index in [1.54, 1.807) is 62.9 Å². The fraction of sp³-hybridized carbons (Fsp3) is 0.167. The molecule has 0 unspecified atom stereocenters. The number of aromatic nitrogens is 6. The minimum absolute atomic E-state index is 0.224. The summed E-state index contributed by atoms with van der Waals surface area (Å²) in [6.45, 7) is 4.26. The fourth-order valence-electron chi connectivity index (χ4n) is 4.54. The quantitative estimate of drug-likeness (QED) is 0.349. The maximum Gasteiger partial charge on any atom is 0.158 e. The Morgan fingerprint density at radius 2 is 1.77 bits per heavy atom. The maximum absolute atomic E-state index is 16.5. The van der Waals surface area contributed by atoms with Gasteiger partial charge in [-0.15, -0.1) is 0 Å². The summed E-state index contributed by atoms with van der Waals surface area (Å²) in [6, 6.07) is 8.05. The molecule has 4 aromatic heterocycles. The minimum Gasteiger partial charge on any atom is -0.335 e. The van der Waals surface area contributed by atoms with Gasteiger partial charge in [0.15, 0.2) is 5.82 Å². The van der Waals surface area contributed by atoms with Gasteiger partial charge in [0.2, 0.25) is 0 Å². The smallest absolute Gasteiger partial charge is 0.158 e. The van der Waals surface area contributed by atoms with Crippen molar-refractivity contribution < 1.29 is 8.78 Å². The zero-order valence-corrected chi connectivity index (χ0v) is 22.1. The van der Waals surface area contributed by atoms with Crippen LogP contribution in [-0.4, -0.2) is 48.9 Å². The molecule has 0 aliphatic rings. The Hall–Kier alpha value is -4.63. The van der Waals surface area contributed by atoms with E-state index in [1.165, 1.54) is 18.5 Å². The van der Waals surface area contributed by atoms with Gasteiger partial charge in [-0.05, 0) is 57.3 Å². The summed E-state index contributed by atoms with van der Waals surface area (Å²) < 4.78 is 30.1. The lowest BCUT2D eigenvalue weighted by molar-refractivity contribution is 0.402. The molecule has 196 valence electrons. The first-order valence-electron chi connectivity index (χ1n) is 12.4. The first kappa shape index (κ1) is 26.0. The van der Waals surface area contributed by atoms with Gasteiger partial charge in [-0.2, -0.15) is 0 Å². The molecule has 0 spiro atoms. The monoisotopic (exact) mass is 523 g/mol. The van der Waals surface area contributed by atoms with Crippen LogP contribution in [0.3, 0.4) is 0 Å². The van der Waals surface area contributed by atoms with Crippen molar-refractivity contribution in [2.75, 3.05) is 14.1 Å². The highest BCUT2D eigenvalue weighted by Gasteiger charge is 2.18. The summed E-state index contributed by atoms with van der Waals surface area (Å²) in [5.41, 5.74) is 5.05. The number of benzene rings is 1. The first-order chi connectivity index (χ1) is 18.9. The molecule has 0 saturated carbocycles. The van der Waals surface area contributed by atoms with Crippen molar-refractivity contribution in [1.29, 1.82) is 0 Å². The zero-order chi connectivity index (χ0) is 27.5. The van der Waals surface area contributed by atoms with Crippen molar-refractivity contribution in [2.24, 2.45) is 0 Å². The molecule has 1 aromatic carbocycles. The van der Waals surface area contributed by atoms with Crippen molar-refractivity contribution in [3.63, 3.8) is 0 Å². The van der Waals surface area contributed by atoms with Crippen LogP contribution in [0.4, 0.5) is 8.78 Å². The number of rotatable bonds is 6. The van der Waals surface area contributed by atoms with Gasteiger partial charge in [-0.3, -0.25) is 9.97 Å². The Labute approximate surface area is 224 Å². The molecule has 0 bridgehead atoms. The van der Waals surface area contributed by atoms with E-state index in [1.807, 2.05) is 25.1 Å². The highest BCUT2D eigenvalue weighted by molar-refractivity contribution is 5.96. The van der Waals surface area contributed by atoms with Crippen LogP contribution in [0.1, 0.15) is 25.0 Å². The molecule has 5 aromatic rings. The molecular weight excluding hydrogens is 496 g/mol. The lowest BCUT2D eigenvalue weighted by atomic mass is 10.0. The molecule has 0 aliphatic carbocycles. The van der Waals surface area contributed by atoms with Gasteiger partial charge in [-0.1, -0.05) is 24.3 Å². The summed E-state index contributed by atoms with van der Waals surface area (Å²) in [5, 5.41) is 0.660. The third-order valence-electron chi connectivity index (χ3n) is 6.27. The lowest BCUT2D eigenvalue weighted by Crippen LogP contribution is -2.33. The van der Waals surface area contributed by atoms with Gasteiger partial charge in [0, 0.05) is 41.8 Å². The van der Waals surface area contributed by atoms with Gasteiger partial charge in [-0.25, -0.2) is 23.7 Å². The van der Waals surface area contributed by atoms with E-state index in [2.05, 4.69) is 24.9 Å². The molecule has 4 heterocycles. The number of hydrogen-bond donors (Lipinski definition) is 1. The minimum atomic E-state index is -0.484. The molecule has 0 saturated heterocycles. The van der Waals surface area contributed by atoms with E-state index in [9.17, 15) is 4.39 Å². The second-order valence-corrected chi connectivity index (χ2v) is 9.28. The second kappa shape index (κ2) is 11.0. The molecular formula is C30H27F2N7. The number of aromatic amines is 1. The van der Waals surface area contributed by atoms with Crippen LogP contribution in [0.15, 0.2) is 67.5 Å². The molecule has 0 atom stereocenters. The molecule has 0 radical (unpaired) electrons. The van der Waals surface area contributed by atoms with Crippen molar-refractivity contribution in [3.8, 4) is 22.6 Å². The molecule has 0 fully saturated rings. The third kappa shape index (κ3) is 5.21. The molecule has 0 amide bonds. The van der Waals surface area contributed by atoms with Gasteiger partial charge >= 0.3 is 0 Å². The normalized spacial score (nSPS) is 13.4. The number of imidazole rings is 1. The van der Waals surface area contributed by atoms with Gasteiger partial charge < -0.3 is 9.88 Å². The van der Waals surface area contributed by atoms with Gasteiger partial charge in [0.05, 0.1) is 27.8 Å². The zero-order valence-electron chi connectivity index (χ0n) is 22.1. The molecule has 0 aliphatic heterocycles. The Bertz CT molecular complexity index is 1810. The number of fused-ring (bicyclic) bond motifs is 1. The van der Waals surface area contributed by atoms with Crippen LogP contribution in [0, 0.1) is 5.82 Å². The average molecular weight is 524 g/mol. The number of halogens is 2. The second-order valence-electron chi connectivity index (χ2n) is 9.28. The summed E-state index contributed by atoms with van der Waals surface area (Å²) >= 11 is 0. The summed E-state index contributed by atoms with van der Waals surface area (Å²) in [5.74, 6) is -0.446. The molecule has 5 rings (SSSR count). The van der Waals surface area contributed by atoms with Crippen LogP contribution >= 0.6 is 0 Å². The number of pyridine rings is 2. The molecule has 7 nitrogen and oxygen atoms in total. The van der Waals surface area contributed by atoms with E-state index in [0.717, 1.165) is 16.7 Å². The van der Waals surface area contributed by atoms with Crippen LogP contribution in [0.25, 0.3) is 51.2 Å². The van der Waals surface area contributed by atoms with E-state index >= 15 is 4.39 Å². The van der Waals surface area contributed by atoms with Crippen molar-refractivity contribution in [1.82, 2.24) is 34.8 Å². The highest BCUT2D eigenvalue weighted by atomic mass is 19.1. The maximum atomic E-state index is 16.5. The van der Waals surface area contributed by atoms with E-state index in [4.69, 9.17) is 4.98 Å². The Balaban J connectivity index is 1.71. The topological polar surface area (TPSA) is 83.5 Å². The Kier molecular flexibility index (Phi) is 7.33. The van der Waals surface area contributed by atoms with E-state index < -0.39 is 5.83 Å². The SMILES string of the molecule is C/C=C(/C(F)=c1/c(-c2nc3c(-c4ccc(F)cc4)cncc3[nH]2)ncn/c1=C/C)c1cncc(CN(C)C)c1. The molecule has 39 heavy (non-hydrogen) atoms. The highest BCUT2D eigenvalue weighted by Crippen LogP contribution is 2.29. The largest absolute Gasteiger partial charge is 0.335 e. The van der Waals surface area contributed by atoms with Crippen LogP contribution < -0.4 is 10.6 Å². The van der Waals surface area contributed by atoms with Crippen molar-refractivity contribution in [2.45, 2.75) is 20.4 Å². The predicted molar refractivity (Wildman–Crippen MR) is 149 cm³/mol. The standard InChI is InChI=1S/C30H27F2N7/c1-5-22(20-11-18(12-33-13-20)16-39(3)4)27(32)26-24(6-2)35-17-36-29(26)30-37-25-15-34-14-23(28(25)38-30)19-7-9-21(31)10-8-19/h5-15,17H,16H2,1-4H3,(H,37,38)/b22-5+,24-6+,27-26-. The summed E-state index contributed by atoms with van der Waals surface area (Å²) in [7, 11) is 3.94. The van der Waals surface area contributed by atoms with Gasteiger partial charge in [0.1, 0.15) is 23.7 Å². The van der Waals surface area contributed by atoms with Gasteiger partial charge in [0.25, 0.3) is 0 Å². The number of hydrogen-bond acceptors (Lipinski definition) is 6. The van der Waals surface area contributed by atoms with Crippen LogP contribution in [-0.2, 0) is 6.54 Å². The predicted octanol–water partition coefficient (Wildman–Crippen LogP) is 4.66. The summed E-state index contributed by atoms with van der Waals surface area (Å²) in [4.78, 5) is 27.5.